The lowest BCUT2D eigenvalue weighted by atomic mass is 9.99. The molecule has 3 atom stereocenters. The Morgan fingerprint density at radius 2 is 0.673 bits per heavy atom. The summed E-state index contributed by atoms with van der Waals surface area (Å²) in [5.41, 5.74) is 0. The molecule has 6 heteroatoms. The molecular weight excluding hydrogens is 648 g/mol. The first-order chi connectivity index (χ1) is 25.2. The Labute approximate surface area is 323 Å². The summed E-state index contributed by atoms with van der Waals surface area (Å²) in [4.78, 5) is 37.7. The van der Waals surface area contributed by atoms with Gasteiger partial charge in [-0.1, -0.05) is 202 Å². The second-order valence-corrected chi connectivity index (χ2v) is 16.6. The molecule has 0 bridgehead atoms. The monoisotopic (exact) mass is 737 g/mol. The maximum Gasteiger partial charge on any atom is 0.306 e. The van der Waals surface area contributed by atoms with E-state index in [1.54, 1.807) is 0 Å². The molecule has 0 aromatic carbocycles. The second-order valence-electron chi connectivity index (χ2n) is 16.6. The first-order valence-corrected chi connectivity index (χ1v) is 22.7. The van der Waals surface area contributed by atoms with E-state index in [-0.39, 0.29) is 31.1 Å². The summed E-state index contributed by atoms with van der Waals surface area (Å²) in [6, 6.07) is 0. The third-order valence-electron chi connectivity index (χ3n) is 10.9. The van der Waals surface area contributed by atoms with Gasteiger partial charge in [-0.2, -0.15) is 0 Å². The maximum absolute atomic E-state index is 12.7. The molecule has 0 aliphatic heterocycles. The molecule has 2 unspecified atom stereocenters. The quantitative estimate of drug-likeness (QED) is 0.0355. The Morgan fingerprint density at radius 3 is 1.00 bits per heavy atom. The first-order valence-electron chi connectivity index (χ1n) is 22.7. The molecule has 0 aliphatic rings. The molecule has 52 heavy (non-hydrogen) atoms. The van der Waals surface area contributed by atoms with E-state index in [4.69, 9.17) is 14.2 Å². The normalized spacial score (nSPS) is 13.2. The number of carbonyl (C=O) groups is 3. The van der Waals surface area contributed by atoms with Crippen LogP contribution >= 0.6 is 0 Å². The molecule has 0 spiro atoms. The lowest BCUT2D eigenvalue weighted by molar-refractivity contribution is -0.167. The molecule has 0 aromatic heterocycles. The number of hydrogen-bond donors (Lipinski definition) is 0. The van der Waals surface area contributed by atoms with Crippen LogP contribution in [0.4, 0.5) is 0 Å². The van der Waals surface area contributed by atoms with E-state index < -0.39 is 6.10 Å². The average molecular weight is 737 g/mol. The highest BCUT2D eigenvalue weighted by molar-refractivity contribution is 5.71. The van der Waals surface area contributed by atoms with Crippen LogP contribution in [0.2, 0.25) is 0 Å². The van der Waals surface area contributed by atoms with Crippen molar-refractivity contribution in [3.05, 3.63) is 0 Å². The van der Waals surface area contributed by atoms with Crippen molar-refractivity contribution in [1.29, 1.82) is 0 Å². The van der Waals surface area contributed by atoms with Gasteiger partial charge in [0.2, 0.25) is 0 Å². The van der Waals surface area contributed by atoms with Crippen LogP contribution in [-0.4, -0.2) is 37.2 Å². The van der Waals surface area contributed by atoms with E-state index in [0.29, 0.717) is 19.3 Å². The highest BCUT2D eigenvalue weighted by Crippen LogP contribution is 2.17. The molecule has 308 valence electrons. The number of unbranched alkanes of at least 4 members (excludes halogenated alkanes) is 20. The number of rotatable bonds is 39. The highest BCUT2D eigenvalue weighted by Gasteiger charge is 2.19. The van der Waals surface area contributed by atoms with Gasteiger partial charge in [-0.25, -0.2) is 0 Å². The van der Waals surface area contributed by atoms with Gasteiger partial charge < -0.3 is 14.2 Å². The minimum atomic E-state index is -0.762. The minimum absolute atomic E-state index is 0.0671. The average Bonchev–Trinajstić information content (AvgIpc) is 3.12. The zero-order chi connectivity index (χ0) is 38.5. The SMILES string of the molecule is CCC(C)CCCCCCCCCCC(=O)O[C@@H](COC(=O)CCCCCCCCCCCC(C)C)COC(=O)CCCCCCCCC(C)CC. The van der Waals surface area contributed by atoms with Gasteiger partial charge in [-0.05, 0) is 37.0 Å². The van der Waals surface area contributed by atoms with Crippen molar-refractivity contribution in [1.82, 2.24) is 0 Å². The molecule has 0 heterocycles. The minimum Gasteiger partial charge on any atom is -0.462 e. The van der Waals surface area contributed by atoms with Crippen LogP contribution in [0.25, 0.3) is 0 Å². The van der Waals surface area contributed by atoms with Crippen molar-refractivity contribution in [3.63, 3.8) is 0 Å². The lowest BCUT2D eigenvalue weighted by Crippen LogP contribution is -2.30. The van der Waals surface area contributed by atoms with Crippen LogP contribution in [0.5, 0.6) is 0 Å². The van der Waals surface area contributed by atoms with Crippen LogP contribution in [-0.2, 0) is 28.6 Å². The van der Waals surface area contributed by atoms with Gasteiger partial charge >= 0.3 is 17.9 Å². The van der Waals surface area contributed by atoms with Gasteiger partial charge in [-0.3, -0.25) is 14.4 Å². The fraction of sp³-hybridized carbons (Fsp3) is 0.935. The fourth-order valence-corrected chi connectivity index (χ4v) is 6.64. The van der Waals surface area contributed by atoms with Crippen molar-refractivity contribution in [2.45, 2.75) is 247 Å². The zero-order valence-electron chi connectivity index (χ0n) is 35.6. The van der Waals surface area contributed by atoms with Crippen LogP contribution in [0.15, 0.2) is 0 Å². The number of ether oxygens (including phenoxy) is 3. The molecule has 0 rings (SSSR count). The van der Waals surface area contributed by atoms with Crippen LogP contribution < -0.4 is 0 Å². The standard InChI is InChI=1S/C46H88O6/c1-7-41(5)33-27-21-15-12-13-17-25-31-37-46(49)52-43(39-51-45(48)36-30-24-19-18-22-28-34-42(6)8-2)38-50-44(47)35-29-23-16-11-9-10-14-20-26-32-40(3)4/h40-43H,7-39H2,1-6H3/t41?,42?,43-/m0/s1. The predicted molar refractivity (Wildman–Crippen MR) is 219 cm³/mol. The Hall–Kier alpha value is -1.59. The summed E-state index contributed by atoms with van der Waals surface area (Å²) < 4.78 is 16.7. The zero-order valence-corrected chi connectivity index (χ0v) is 35.6. The van der Waals surface area contributed by atoms with Crippen molar-refractivity contribution >= 4 is 17.9 Å². The molecule has 0 N–H and O–H groups in total. The van der Waals surface area contributed by atoms with Crippen molar-refractivity contribution in [2.24, 2.45) is 17.8 Å². The fourth-order valence-electron chi connectivity index (χ4n) is 6.64. The molecule has 6 nitrogen and oxygen atoms in total. The molecule has 0 saturated carbocycles. The Bertz CT molecular complexity index is 811. The Morgan fingerprint density at radius 1 is 0.385 bits per heavy atom. The first kappa shape index (κ1) is 50.4. The molecule has 0 saturated heterocycles. The molecule has 0 aliphatic carbocycles. The number of carbonyl (C=O) groups excluding carboxylic acids is 3. The van der Waals surface area contributed by atoms with E-state index in [0.717, 1.165) is 75.5 Å². The van der Waals surface area contributed by atoms with Crippen molar-refractivity contribution in [2.75, 3.05) is 13.2 Å². The molecular formula is C46H88O6. The van der Waals surface area contributed by atoms with Gasteiger partial charge in [0, 0.05) is 19.3 Å². The number of esters is 3. The van der Waals surface area contributed by atoms with Gasteiger partial charge in [0.25, 0.3) is 0 Å². The van der Waals surface area contributed by atoms with Crippen molar-refractivity contribution in [3.8, 4) is 0 Å². The summed E-state index contributed by atoms with van der Waals surface area (Å²) in [6.45, 7) is 13.6. The smallest absolute Gasteiger partial charge is 0.306 e. The second kappa shape index (κ2) is 37.7. The molecule has 0 radical (unpaired) electrons. The predicted octanol–water partition coefficient (Wildman–Crippen LogP) is 14.0. The van der Waals surface area contributed by atoms with Gasteiger partial charge in [0.05, 0.1) is 0 Å². The van der Waals surface area contributed by atoms with Gasteiger partial charge in [-0.15, -0.1) is 0 Å². The third kappa shape index (κ3) is 36.8. The summed E-state index contributed by atoms with van der Waals surface area (Å²) in [6.07, 6.45) is 33.7. The largest absolute Gasteiger partial charge is 0.462 e. The van der Waals surface area contributed by atoms with Crippen molar-refractivity contribution < 1.29 is 28.6 Å². The summed E-state index contributed by atoms with van der Waals surface area (Å²) in [7, 11) is 0. The third-order valence-corrected chi connectivity index (χ3v) is 10.9. The highest BCUT2D eigenvalue weighted by atomic mass is 16.6. The van der Waals surface area contributed by atoms with Crippen LogP contribution in [0.1, 0.15) is 241 Å². The maximum atomic E-state index is 12.7. The van der Waals surface area contributed by atoms with E-state index in [1.165, 1.54) is 122 Å². The summed E-state index contributed by atoms with van der Waals surface area (Å²) >= 11 is 0. The summed E-state index contributed by atoms with van der Waals surface area (Å²) in [5.74, 6) is 1.60. The van der Waals surface area contributed by atoms with E-state index >= 15 is 0 Å². The van der Waals surface area contributed by atoms with Gasteiger partial charge in [0.15, 0.2) is 6.10 Å². The van der Waals surface area contributed by atoms with Crippen LogP contribution in [0.3, 0.4) is 0 Å². The lowest BCUT2D eigenvalue weighted by Gasteiger charge is -2.18. The topological polar surface area (TPSA) is 78.9 Å². The van der Waals surface area contributed by atoms with Gasteiger partial charge in [0.1, 0.15) is 13.2 Å². The van der Waals surface area contributed by atoms with E-state index in [1.807, 2.05) is 0 Å². The molecule has 0 aromatic rings. The Balaban J connectivity index is 4.37. The molecule has 0 fully saturated rings. The number of hydrogen-bond acceptors (Lipinski definition) is 6. The Kier molecular flexibility index (Phi) is 36.6. The summed E-state index contributed by atoms with van der Waals surface area (Å²) in [5, 5.41) is 0. The van der Waals surface area contributed by atoms with E-state index in [2.05, 4.69) is 41.5 Å². The molecule has 0 amide bonds. The van der Waals surface area contributed by atoms with E-state index in [9.17, 15) is 14.4 Å². The van der Waals surface area contributed by atoms with Crippen LogP contribution in [0, 0.1) is 17.8 Å².